The number of aliphatic carboxylic acids is 1. The minimum atomic E-state index is -4.96. The number of halogens is 3. The highest BCUT2D eigenvalue weighted by atomic mass is 32.2. The third kappa shape index (κ3) is 8.78. The lowest BCUT2D eigenvalue weighted by Crippen LogP contribution is -2.60. The van der Waals surface area contributed by atoms with Crippen LogP contribution in [0.1, 0.15) is 53.2 Å². The van der Waals surface area contributed by atoms with Gasteiger partial charge in [0.1, 0.15) is 22.7 Å². The third-order valence-electron chi connectivity index (χ3n) is 7.39. The predicted octanol–water partition coefficient (Wildman–Crippen LogP) is 3.87. The lowest BCUT2D eigenvalue weighted by Gasteiger charge is -2.39. The molecule has 3 N–H and O–H groups in total. The second kappa shape index (κ2) is 14.3. The van der Waals surface area contributed by atoms with Crippen molar-refractivity contribution in [3.8, 4) is 5.75 Å². The van der Waals surface area contributed by atoms with Crippen molar-refractivity contribution in [3.63, 3.8) is 0 Å². The Hall–Kier alpha value is -4.22. The molecule has 3 aromatic rings. The van der Waals surface area contributed by atoms with E-state index in [0.717, 1.165) is 51.0 Å². The summed E-state index contributed by atoms with van der Waals surface area (Å²) in [7, 11) is -4.39. The lowest BCUT2D eigenvalue weighted by atomic mass is 10.0. The molecule has 1 saturated heterocycles. The third-order valence-corrected chi connectivity index (χ3v) is 10.5. The molecule has 2 heterocycles. The van der Waals surface area contributed by atoms with Crippen molar-refractivity contribution in [2.24, 2.45) is 0 Å². The molecular formula is C30H34F3N5O7S2. The number of aromatic nitrogens is 1. The number of amides is 2. The van der Waals surface area contributed by atoms with E-state index in [4.69, 9.17) is 5.11 Å². The fourth-order valence-electron chi connectivity index (χ4n) is 4.77. The Bertz CT molecular complexity index is 1710. The molecule has 1 aliphatic heterocycles. The zero-order valence-corrected chi connectivity index (χ0v) is 27.5. The Kier molecular flexibility index (Phi) is 10.8. The number of rotatable bonds is 11. The van der Waals surface area contributed by atoms with Gasteiger partial charge in [0.15, 0.2) is 5.13 Å². The number of thiazole rings is 1. The van der Waals surface area contributed by atoms with E-state index in [1.807, 2.05) is 38.1 Å². The Balaban J connectivity index is 1.60. The molecule has 1 aliphatic rings. The van der Waals surface area contributed by atoms with E-state index in [-0.39, 0.29) is 36.0 Å². The molecule has 0 bridgehead atoms. The van der Waals surface area contributed by atoms with Crippen molar-refractivity contribution in [2.45, 2.75) is 63.5 Å². The number of alkyl halides is 3. The summed E-state index contributed by atoms with van der Waals surface area (Å²) in [5, 5.41) is 14.6. The number of ether oxygens (including phenoxy) is 1. The molecule has 4 rings (SSSR count). The van der Waals surface area contributed by atoms with Gasteiger partial charge in [-0.15, -0.1) is 13.2 Å². The fraction of sp³-hybridized carbons (Fsp3) is 0.400. The van der Waals surface area contributed by atoms with E-state index in [1.54, 1.807) is 11.8 Å². The molecule has 17 heteroatoms. The summed E-state index contributed by atoms with van der Waals surface area (Å²) in [5.41, 5.74) is 2.21. The minimum Gasteiger partial charge on any atom is -0.480 e. The van der Waals surface area contributed by atoms with E-state index in [1.165, 1.54) is 6.92 Å². The topological polar surface area (TPSA) is 158 Å². The lowest BCUT2D eigenvalue weighted by molar-refractivity contribution is -0.274. The number of aryl methyl sites for hydroxylation is 1. The summed E-state index contributed by atoms with van der Waals surface area (Å²) >= 11 is 0.971. The van der Waals surface area contributed by atoms with Crippen molar-refractivity contribution in [1.82, 2.24) is 19.9 Å². The van der Waals surface area contributed by atoms with Crippen LogP contribution in [0, 0.1) is 6.92 Å². The molecule has 12 nitrogen and oxygen atoms in total. The molecule has 2 atom stereocenters. The van der Waals surface area contributed by atoms with Crippen molar-refractivity contribution in [1.29, 1.82) is 0 Å². The molecule has 2 amide bonds. The zero-order chi connectivity index (χ0) is 34.7. The monoisotopic (exact) mass is 697 g/mol. The summed E-state index contributed by atoms with van der Waals surface area (Å²) in [5.74, 6) is -2.77. The van der Waals surface area contributed by atoms with Crippen LogP contribution < -0.4 is 20.3 Å². The van der Waals surface area contributed by atoms with E-state index in [9.17, 15) is 36.0 Å². The summed E-state index contributed by atoms with van der Waals surface area (Å²) < 4.78 is 70.3. The molecule has 0 spiro atoms. The van der Waals surface area contributed by atoms with Gasteiger partial charge in [-0.25, -0.2) is 13.4 Å². The normalized spacial score (nSPS) is 16.5. The van der Waals surface area contributed by atoms with Crippen LogP contribution >= 0.6 is 11.3 Å². The van der Waals surface area contributed by atoms with Crippen LogP contribution in [0.5, 0.6) is 5.75 Å². The molecule has 0 radical (unpaired) electrons. The number of nitrogens with one attached hydrogen (secondary N) is 2. The van der Waals surface area contributed by atoms with Crippen molar-refractivity contribution in [2.75, 3.05) is 24.5 Å². The number of carboxylic acids is 1. The van der Waals surface area contributed by atoms with Crippen LogP contribution in [0.2, 0.25) is 0 Å². The van der Waals surface area contributed by atoms with Gasteiger partial charge in [-0.3, -0.25) is 14.4 Å². The number of hydrogen-bond donors (Lipinski definition) is 3. The van der Waals surface area contributed by atoms with Gasteiger partial charge in [-0.1, -0.05) is 49.4 Å². The first-order valence-corrected chi connectivity index (χ1v) is 16.7. The van der Waals surface area contributed by atoms with Gasteiger partial charge in [0.25, 0.3) is 5.91 Å². The number of hydrogen-bond acceptors (Lipinski definition) is 9. The summed E-state index contributed by atoms with van der Waals surface area (Å²) in [4.78, 5) is 43.5. The maximum Gasteiger partial charge on any atom is 0.573 e. The Morgan fingerprint density at radius 3 is 2.28 bits per heavy atom. The van der Waals surface area contributed by atoms with Crippen LogP contribution in [0.4, 0.5) is 18.3 Å². The maximum atomic E-state index is 13.8. The standard InChI is InChI=1S/C30H34F3N5O7S2/c1-17(2)21-7-5-20(6-8-21)15-34-26(39)24-16-37(29-36-18(3)25(46-29)27(40)35-19(4)28(41)42)13-14-38(24)47(43,44)23-11-9-22(10-12-23)45-30(31,32)33/h5-12,17,19,24H,13-16H2,1-4H3,(H,34,39)(H,35,40)(H,41,42)/t19-,24-/m1/s1. The average molecular weight is 698 g/mol. The van der Waals surface area contributed by atoms with E-state index >= 15 is 0 Å². The molecule has 2 aromatic carbocycles. The molecule has 0 aliphatic carbocycles. The second-order valence-electron chi connectivity index (χ2n) is 11.2. The number of anilines is 1. The first-order chi connectivity index (χ1) is 22.0. The number of sulfonamides is 1. The van der Waals surface area contributed by atoms with E-state index in [0.29, 0.717) is 16.7 Å². The average Bonchev–Trinajstić information content (AvgIpc) is 3.40. The number of carbonyl (C=O) groups excluding carboxylic acids is 2. The van der Waals surface area contributed by atoms with E-state index < -0.39 is 52.0 Å². The van der Waals surface area contributed by atoms with Gasteiger partial charge < -0.3 is 25.4 Å². The predicted molar refractivity (Wildman–Crippen MR) is 167 cm³/mol. The number of piperazine rings is 1. The van der Waals surface area contributed by atoms with Gasteiger partial charge in [-0.2, -0.15) is 4.31 Å². The summed E-state index contributed by atoms with van der Waals surface area (Å²) in [6.45, 7) is 6.80. The second-order valence-corrected chi connectivity index (χ2v) is 14.0. The molecule has 254 valence electrons. The van der Waals surface area contributed by atoms with Crippen molar-refractivity contribution >= 4 is 44.3 Å². The molecule has 0 unspecified atom stereocenters. The smallest absolute Gasteiger partial charge is 0.480 e. The van der Waals surface area contributed by atoms with Gasteiger partial charge in [-0.05, 0) is 55.2 Å². The molecule has 1 aromatic heterocycles. The Morgan fingerprint density at radius 2 is 1.70 bits per heavy atom. The molecular weight excluding hydrogens is 663 g/mol. The minimum absolute atomic E-state index is 0.0640. The van der Waals surface area contributed by atoms with Crippen molar-refractivity contribution in [3.05, 3.63) is 70.2 Å². The van der Waals surface area contributed by atoms with Crippen LogP contribution in [0.3, 0.4) is 0 Å². The molecule has 0 saturated carbocycles. The maximum absolute atomic E-state index is 13.8. The van der Waals surface area contributed by atoms with Crippen LogP contribution in [0.15, 0.2) is 53.4 Å². The highest BCUT2D eigenvalue weighted by Gasteiger charge is 2.41. The van der Waals surface area contributed by atoms with Crippen molar-refractivity contribution < 1.29 is 45.8 Å². The van der Waals surface area contributed by atoms with E-state index in [2.05, 4.69) is 20.4 Å². The Morgan fingerprint density at radius 1 is 1.06 bits per heavy atom. The number of benzene rings is 2. The van der Waals surface area contributed by atoms with Crippen LogP contribution in [-0.2, 0) is 26.2 Å². The van der Waals surface area contributed by atoms with Gasteiger partial charge in [0, 0.05) is 26.2 Å². The van der Waals surface area contributed by atoms with Crippen LogP contribution in [-0.4, -0.2) is 78.7 Å². The number of nitrogens with zero attached hydrogens (tertiary/aromatic N) is 3. The summed E-state index contributed by atoms with van der Waals surface area (Å²) in [6.07, 6.45) is -4.96. The quantitative estimate of drug-likeness (QED) is 0.271. The van der Waals surface area contributed by atoms with Gasteiger partial charge >= 0.3 is 12.3 Å². The largest absolute Gasteiger partial charge is 0.573 e. The Labute approximate surface area is 273 Å². The zero-order valence-electron chi connectivity index (χ0n) is 25.9. The summed E-state index contributed by atoms with van der Waals surface area (Å²) in [6, 6.07) is 8.86. The van der Waals surface area contributed by atoms with Gasteiger partial charge in [0.05, 0.1) is 10.6 Å². The fourth-order valence-corrected chi connectivity index (χ4v) is 7.34. The SMILES string of the molecule is Cc1nc(N2CCN(S(=O)(=O)c3ccc(OC(F)(F)F)cc3)[C@@H](C(=O)NCc3ccc(C(C)C)cc3)C2)sc1C(=O)N[C@H](C)C(=O)O. The first-order valence-electron chi connectivity index (χ1n) is 14.5. The highest BCUT2D eigenvalue weighted by molar-refractivity contribution is 7.89. The highest BCUT2D eigenvalue weighted by Crippen LogP contribution is 2.31. The van der Waals surface area contributed by atoms with Gasteiger partial charge in [0.2, 0.25) is 15.9 Å². The number of carboxylic acid groups (broad SMARTS) is 1. The number of carbonyl (C=O) groups is 3. The molecule has 1 fully saturated rings. The first kappa shape index (κ1) is 35.6. The van der Waals surface area contributed by atoms with Crippen LogP contribution in [0.25, 0.3) is 0 Å². The molecule has 47 heavy (non-hydrogen) atoms.